The number of hydrogen-bond acceptors (Lipinski definition) is 6. The van der Waals surface area contributed by atoms with Crippen molar-refractivity contribution in [2.45, 2.75) is 258 Å². The van der Waals surface area contributed by atoms with E-state index in [4.69, 9.17) is 14.2 Å². The summed E-state index contributed by atoms with van der Waals surface area (Å²) in [5.74, 6) is -0.962. The molecule has 0 spiro atoms. The molecular formula is C55H96O6. The van der Waals surface area contributed by atoms with Crippen LogP contribution in [0.4, 0.5) is 0 Å². The number of hydrogen-bond donors (Lipinski definition) is 0. The first kappa shape index (κ1) is 58.1. The van der Waals surface area contributed by atoms with Gasteiger partial charge in [0.25, 0.3) is 0 Å². The highest BCUT2D eigenvalue weighted by molar-refractivity contribution is 5.71. The van der Waals surface area contributed by atoms with Crippen LogP contribution in [0.15, 0.2) is 60.8 Å². The van der Waals surface area contributed by atoms with Crippen molar-refractivity contribution in [1.82, 2.24) is 0 Å². The molecule has 0 fully saturated rings. The van der Waals surface area contributed by atoms with Crippen molar-refractivity contribution in [2.75, 3.05) is 13.2 Å². The van der Waals surface area contributed by atoms with Gasteiger partial charge in [0, 0.05) is 19.3 Å². The summed E-state index contributed by atoms with van der Waals surface area (Å²) in [7, 11) is 0. The average Bonchev–Trinajstić information content (AvgIpc) is 3.26. The fourth-order valence-corrected chi connectivity index (χ4v) is 7.30. The standard InChI is InChI=1S/C55H96O6/c1-4-7-10-13-16-19-22-25-27-28-31-33-36-39-42-45-48-54(57)60-51-52(50-59-53(56)47-44-41-38-35-32-29-24-21-18-15-12-9-6-3)61-55(58)49-46-43-40-37-34-30-26-23-20-17-14-11-8-5-2/h9,12,15,18,21,24,29,32,35,38,52H,4-8,10-11,13-14,16-17,19-20,22-23,25-28,30-31,33-34,36-37,39-51H2,1-3H3/b12-9-,18-15-,24-21-,32-29-,38-35-. The molecule has 0 aliphatic heterocycles. The average molecular weight is 853 g/mol. The third-order valence-corrected chi connectivity index (χ3v) is 11.2. The Morgan fingerprint density at radius 2 is 0.639 bits per heavy atom. The highest BCUT2D eigenvalue weighted by Crippen LogP contribution is 2.16. The van der Waals surface area contributed by atoms with E-state index >= 15 is 0 Å². The Balaban J connectivity index is 4.43. The number of carbonyl (C=O) groups is 3. The second-order valence-corrected chi connectivity index (χ2v) is 17.2. The molecule has 6 heteroatoms. The van der Waals surface area contributed by atoms with Crippen LogP contribution in [-0.2, 0) is 28.6 Å². The van der Waals surface area contributed by atoms with E-state index in [9.17, 15) is 14.4 Å². The highest BCUT2D eigenvalue weighted by Gasteiger charge is 2.19. The van der Waals surface area contributed by atoms with Crippen molar-refractivity contribution in [1.29, 1.82) is 0 Å². The van der Waals surface area contributed by atoms with Crippen molar-refractivity contribution in [3.8, 4) is 0 Å². The zero-order chi connectivity index (χ0) is 44.4. The second kappa shape index (κ2) is 49.8. The Bertz CT molecular complexity index is 1120. The molecule has 61 heavy (non-hydrogen) atoms. The minimum Gasteiger partial charge on any atom is -0.462 e. The molecule has 0 aromatic rings. The van der Waals surface area contributed by atoms with Crippen LogP contribution >= 0.6 is 0 Å². The van der Waals surface area contributed by atoms with Crippen LogP contribution in [0.5, 0.6) is 0 Å². The maximum atomic E-state index is 12.8. The number of rotatable bonds is 46. The van der Waals surface area contributed by atoms with E-state index < -0.39 is 6.10 Å². The maximum absolute atomic E-state index is 12.8. The lowest BCUT2D eigenvalue weighted by Crippen LogP contribution is -2.30. The van der Waals surface area contributed by atoms with Gasteiger partial charge in [-0.3, -0.25) is 14.4 Å². The fourth-order valence-electron chi connectivity index (χ4n) is 7.30. The second-order valence-electron chi connectivity index (χ2n) is 17.2. The molecule has 0 radical (unpaired) electrons. The number of unbranched alkanes of at least 4 members (excludes halogenated alkanes) is 29. The van der Waals surface area contributed by atoms with Crippen LogP contribution in [0.3, 0.4) is 0 Å². The third kappa shape index (κ3) is 48.0. The molecular weight excluding hydrogens is 757 g/mol. The monoisotopic (exact) mass is 853 g/mol. The van der Waals surface area contributed by atoms with Crippen molar-refractivity contribution >= 4 is 17.9 Å². The Morgan fingerprint density at radius 3 is 1.00 bits per heavy atom. The first-order valence-corrected chi connectivity index (χ1v) is 25.9. The van der Waals surface area contributed by atoms with Gasteiger partial charge in [0.15, 0.2) is 6.10 Å². The van der Waals surface area contributed by atoms with E-state index in [0.717, 1.165) is 51.4 Å². The Labute approximate surface area is 377 Å². The van der Waals surface area contributed by atoms with Crippen LogP contribution in [0, 0.1) is 0 Å². The minimum atomic E-state index is -0.798. The first-order chi connectivity index (χ1) is 30.0. The van der Waals surface area contributed by atoms with Crippen molar-refractivity contribution in [2.24, 2.45) is 0 Å². The topological polar surface area (TPSA) is 78.9 Å². The van der Waals surface area contributed by atoms with Crippen LogP contribution in [0.25, 0.3) is 0 Å². The van der Waals surface area contributed by atoms with Crippen LogP contribution in [0.1, 0.15) is 252 Å². The van der Waals surface area contributed by atoms with Gasteiger partial charge in [0.05, 0.1) is 0 Å². The normalized spacial score (nSPS) is 12.5. The molecule has 0 bridgehead atoms. The zero-order valence-electron chi connectivity index (χ0n) is 40.2. The van der Waals surface area contributed by atoms with Crippen molar-refractivity contribution < 1.29 is 28.6 Å². The molecule has 0 aromatic carbocycles. The molecule has 0 N–H and O–H groups in total. The molecule has 0 amide bonds. The van der Waals surface area contributed by atoms with Gasteiger partial charge in [0.2, 0.25) is 0 Å². The summed E-state index contributed by atoms with van der Waals surface area (Å²) in [6.45, 7) is 6.45. The van der Waals surface area contributed by atoms with E-state index in [0.29, 0.717) is 19.3 Å². The van der Waals surface area contributed by atoms with Gasteiger partial charge >= 0.3 is 17.9 Å². The molecule has 0 saturated heterocycles. The molecule has 352 valence electrons. The molecule has 0 aromatic heterocycles. The Hall–Kier alpha value is -2.89. The summed E-state index contributed by atoms with van der Waals surface area (Å²) in [5, 5.41) is 0. The van der Waals surface area contributed by atoms with Gasteiger partial charge in [-0.15, -0.1) is 0 Å². The number of esters is 3. The summed E-state index contributed by atoms with van der Waals surface area (Å²) in [6.07, 6.45) is 60.7. The molecule has 0 aliphatic rings. The third-order valence-electron chi connectivity index (χ3n) is 11.2. The van der Waals surface area contributed by atoms with Crippen LogP contribution in [0.2, 0.25) is 0 Å². The molecule has 0 aliphatic carbocycles. The van der Waals surface area contributed by atoms with Crippen molar-refractivity contribution in [3.63, 3.8) is 0 Å². The molecule has 6 nitrogen and oxygen atoms in total. The van der Waals surface area contributed by atoms with E-state index in [1.807, 2.05) is 54.7 Å². The lowest BCUT2D eigenvalue weighted by atomic mass is 10.0. The van der Waals surface area contributed by atoms with E-state index in [1.165, 1.54) is 154 Å². The first-order valence-electron chi connectivity index (χ1n) is 25.9. The highest BCUT2D eigenvalue weighted by atomic mass is 16.6. The molecule has 0 heterocycles. The minimum absolute atomic E-state index is 0.0931. The van der Waals surface area contributed by atoms with E-state index in [-0.39, 0.29) is 37.5 Å². The predicted molar refractivity (Wildman–Crippen MR) is 261 cm³/mol. The molecule has 1 atom stereocenters. The number of ether oxygens (including phenoxy) is 3. The summed E-state index contributed by atoms with van der Waals surface area (Å²) in [6, 6.07) is 0. The maximum Gasteiger partial charge on any atom is 0.306 e. The van der Waals surface area contributed by atoms with Crippen LogP contribution in [-0.4, -0.2) is 37.2 Å². The van der Waals surface area contributed by atoms with Gasteiger partial charge < -0.3 is 14.2 Å². The van der Waals surface area contributed by atoms with Gasteiger partial charge in [-0.2, -0.15) is 0 Å². The van der Waals surface area contributed by atoms with Gasteiger partial charge in [0.1, 0.15) is 13.2 Å². The molecule has 1 unspecified atom stereocenters. The molecule has 0 saturated carbocycles. The van der Waals surface area contributed by atoms with Gasteiger partial charge in [-0.05, 0) is 32.1 Å². The predicted octanol–water partition coefficient (Wildman–Crippen LogP) is 16.9. The Morgan fingerprint density at radius 1 is 0.344 bits per heavy atom. The summed E-state index contributed by atoms with van der Waals surface area (Å²) < 4.78 is 16.7. The lowest BCUT2D eigenvalue weighted by Gasteiger charge is -2.18. The molecule has 0 rings (SSSR count). The lowest BCUT2D eigenvalue weighted by molar-refractivity contribution is -0.167. The van der Waals surface area contributed by atoms with E-state index in [2.05, 4.69) is 26.8 Å². The van der Waals surface area contributed by atoms with E-state index in [1.54, 1.807) is 0 Å². The quantitative estimate of drug-likeness (QED) is 0.0263. The Kier molecular flexibility index (Phi) is 47.4. The van der Waals surface area contributed by atoms with Crippen LogP contribution < -0.4 is 0 Å². The number of carbonyl (C=O) groups excluding carboxylic acids is 3. The fraction of sp³-hybridized carbons (Fsp3) is 0.764. The number of allylic oxidation sites excluding steroid dienone is 10. The largest absolute Gasteiger partial charge is 0.462 e. The summed E-state index contributed by atoms with van der Waals surface area (Å²) in [4.78, 5) is 37.9. The SMILES string of the molecule is CC\C=C/C=C\C=C/C=C\C=C/CCCC(=O)OCC(COC(=O)CCCCCCCCCCCCCCCCCC)OC(=O)CCCCCCCCCCCCCCCC. The summed E-state index contributed by atoms with van der Waals surface area (Å²) in [5.41, 5.74) is 0. The van der Waals surface area contributed by atoms with Crippen molar-refractivity contribution in [3.05, 3.63) is 60.8 Å². The summed E-state index contributed by atoms with van der Waals surface area (Å²) >= 11 is 0. The smallest absolute Gasteiger partial charge is 0.306 e. The van der Waals surface area contributed by atoms with Gasteiger partial charge in [-0.25, -0.2) is 0 Å². The van der Waals surface area contributed by atoms with Gasteiger partial charge in [-0.1, -0.05) is 261 Å². The zero-order valence-corrected chi connectivity index (χ0v) is 40.2.